The van der Waals surface area contributed by atoms with Gasteiger partial charge in [0.1, 0.15) is 0 Å². The first-order valence-corrected chi connectivity index (χ1v) is 7.61. The number of benzene rings is 1. The van der Waals surface area contributed by atoms with Gasteiger partial charge in [-0.2, -0.15) is 4.98 Å². The highest BCUT2D eigenvalue weighted by Crippen LogP contribution is 2.19. The molecule has 6 nitrogen and oxygen atoms in total. The van der Waals surface area contributed by atoms with E-state index in [0.29, 0.717) is 36.1 Å². The van der Waals surface area contributed by atoms with Gasteiger partial charge in [0.05, 0.1) is 0 Å². The summed E-state index contributed by atoms with van der Waals surface area (Å²) >= 11 is 5.85. The molecule has 1 aromatic heterocycles. The van der Waals surface area contributed by atoms with Crippen LogP contribution in [0.25, 0.3) is 11.4 Å². The lowest BCUT2D eigenvalue weighted by Crippen LogP contribution is -2.31. The Bertz CT molecular complexity index is 660. The van der Waals surface area contributed by atoms with E-state index < -0.39 is 0 Å². The molecule has 2 aromatic rings. The van der Waals surface area contributed by atoms with E-state index in [-0.39, 0.29) is 24.4 Å². The van der Waals surface area contributed by atoms with Gasteiger partial charge in [-0.25, -0.2) is 0 Å². The third kappa shape index (κ3) is 4.43. The van der Waals surface area contributed by atoms with Crippen molar-refractivity contribution in [3.8, 4) is 11.4 Å². The van der Waals surface area contributed by atoms with E-state index >= 15 is 0 Å². The van der Waals surface area contributed by atoms with Crippen LogP contribution in [0.5, 0.6) is 0 Å². The molecule has 2 N–H and O–H groups in total. The second-order valence-electron chi connectivity index (χ2n) is 5.41. The van der Waals surface area contributed by atoms with E-state index in [4.69, 9.17) is 21.9 Å². The maximum Gasteiger partial charge on any atom is 0.227 e. The van der Waals surface area contributed by atoms with Gasteiger partial charge in [0.2, 0.25) is 17.6 Å². The second kappa shape index (κ2) is 7.77. The number of rotatable bonds is 4. The Morgan fingerprint density at radius 2 is 2.13 bits per heavy atom. The molecule has 0 radical (unpaired) electrons. The summed E-state index contributed by atoms with van der Waals surface area (Å²) in [6, 6.07) is 7.30. The topological polar surface area (TPSA) is 85.2 Å². The number of likely N-dealkylation sites (tertiary alicyclic amines) is 1. The van der Waals surface area contributed by atoms with E-state index in [9.17, 15) is 4.79 Å². The highest BCUT2D eigenvalue weighted by molar-refractivity contribution is 6.30. The van der Waals surface area contributed by atoms with E-state index in [0.717, 1.165) is 18.5 Å². The highest BCUT2D eigenvalue weighted by Gasteiger charge is 2.23. The van der Waals surface area contributed by atoms with Gasteiger partial charge in [0.15, 0.2) is 0 Å². The molecule has 0 spiro atoms. The lowest BCUT2D eigenvalue weighted by Gasteiger charge is -2.14. The second-order valence-corrected chi connectivity index (χ2v) is 5.84. The standard InChI is InChI=1S/C15H17ClN4O2.ClH/c16-11-3-1-10(2-4-11)15-18-13(22-19-15)5-6-14(21)20-8-7-12(17)9-20;/h1-4,12H,5-9,17H2;1H/t12-;/m1./s1. The summed E-state index contributed by atoms with van der Waals surface area (Å²) in [7, 11) is 0. The predicted octanol–water partition coefficient (Wildman–Crippen LogP) is 2.30. The lowest BCUT2D eigenvalue weighted by atomic mass is 10.2. The molecule has 1 aliphatic rings. The SMILES string of the molecule is Cl.N[C@@H]1CCN(C(=O)CCc2nc(-c3ccc(Cl)cc3)no2)C1. The van der Waals surface area contributed by atoms with Crippen molar-refractivity contribution < 1.29 is 9.32 Å². The summed E-state index contributed by atoms with van der Waals surface area (Å²) in [5.74, 6) is 1.04. The van der Waals surface area contributed by atoms with Crippen LogP contribution < -0.4 is 5.73 Å². The zero-order valence-corrected chi connectivity index (χ0v) is 14.0. The fraction of sp³-hybridized carbons (Fsp3) is 0.400. The van der Waals surface area contributed by atoms with Crippen LogP contribution in [-0.2, 0) is 11.2 Å². The largest absolute Gasteiger partial charge is 0.341 e. The molecule has 1 fully saturated rings. The first-order valence-electron chi connectivity index (χ1n) is 7.23. The fourth-order valence-corrected chi connectivity index (χ4v) is 2.58. The summed E-state index contributed by atoms with van der Waals surface area (Å²) in [4.78, 5) is 18.1. The molecule has 1 aliphatic heterocycles. The van der Waals surface area contributed by atoms with Crippen molar-refractivity contribution in [1.29, 1.82) is 0 Å². The van der Waals surface area contributed by atoms with Gasteiger partial charge < -0.3 is 15.2 Å². The number of aromatic nitrogens is 2. The number of nitrogens with two attached hydrogens (primary N) is 1. The van der Waals surface area contributed by atoms with E-state index in [1.165, 1.54) is 0 Å². The van der Waals surface area contributed by atoms with Crippen molar-refractivity contribution in [2.75, 3.05) is 13.1 Å². The molecule has 0 unspecified atom stereocenters. The number of hydrogen-bond donors (Lipinski definition) is 1. The summed E-state index contributed by atoms with van der Waals surface area (Å²) < 4.78 is 5.19. The molecule has 1 saturated heterocycles. The average Bonchev–Trinajstić information content (AvgIpc) is 3.15. The third-order valence-corrected chi connectivity index (χ3v) is 3.95. The third-order valence-electron chi connectivity index (χ3n) is 3.70. The van der Waals surface area contributed by atoms with Crippen LogP contribution in [0.3, 0.4) is 0 Å². The van der Waals surface area contributed by atoms with Crippen molar-refractivity contribution in [3.63, 3.8) is 0 Å². The van der Waals surface area contributed by atoms with Crippen LogP contribution in [-0.4, -0.2) is 40.1 Å². The number of carbonyl (C=O) groups excluding carboxylic acids is 1. The molecule has 1 amide bonds. The highest BCUT2D eigenvalue weighted by atomic mass is 35.5. The van der Waals surface area contributed by atoms with Crippen molar-refractivity contribution in [2.45, 2.75) is 25.3 Å². The van der Waals surface area contributed by atoms with Gasteiger partial charge >= 0.3 is 0 Å². The monoisotopic (exact) mass is 356 g/mol. The van der Waals surface area contributed by atoms with Crippen molar-refractivity contribution >= 4 is 29.9 Å². The van der Waals surface area contributed by atoms with Crippen LogP contribution in [0, 0.1) is 0 Å². The number of halogens is 2. The van der Waals surface area contributed by atoms with Crippen molar-refractivity contribution in [1.82, 2.24) is 15.0 Å². The zero-order valence-electron chi connectivity index (χ0n) is 12.4. The van der Waals surface area contributed by atoms with Gasteiger partial charge in [0.25, 0.3) is 0 Å². The fourth-order valence-electron chi connectivity index (χ4n) is 2.46. The molecular weight excluding hydrogens is 339 g/mol. The van der Waals surface area contributed by atoms with Crippen molar-refractivity contribution in [3.05, 3.63) is 35.2 Å². The minimum Gasteiger partial charge on any atom is -0.341 e. The number of carbonyl (C=O) groups is 1. The number of nitrogens with zero attached hydrogens (tertiary/aromatic N) is 3. The Balaban J connectivity index is 0.00000192. The van der Waals surface area contributed by atoms with Gasteiger partial charge in [-0.3, -0.25) is 4.79 Å². The molecule has 2 heterocycles. The van der Waals surface area contributed by atoms with E-state index in [1.807, 2.05) is 12.1 Å². The quantitative estimate of drug-likeness (QED) is 0.908. The average molecular weight is 357 g/mol. The number of amides is 1. The lowest BCUT2D eigenvalue weighted by molar-refractivity contribution is -0.130. The van der Waals surface area contributed by atoms with Gasteiger partial charge in [-0.05, 0) is 30.7 Å². The molecule has 8 heteroatoms. The minimum absolute atomic E-state index is 0. The number of hydrogen-bond acceptors (Lipinski definition) is 5. The smallest absolute Gasteiger partial charge is 0.227 e. The Hall–Kier alpha value is -1.63. The molecule has 1 aromatic carbocycles. The van der Waals surface area contributed by atoms with Crippen LogP contribution in [0.4, 0.5) is 0 Å². The molecule has 1 atom stereocenters. The molecular formula is C15H18Cl2N4O2. The summed E-state index contributed by atoms with van der Waals surface area (Å²) in [6.07, 6.45) is 1.66. The molecule has 124 valence electrons. The maximum atomic E-state index is 12.0. The molecule has 0 bridgehead atoms. The Kier molecular flexibility index (Phi) is 5.98. The number of aryl methyl sites for hydroxylation is 1. The Morgan fingerprint density at radius 1 is 1.39 bits per heavy atom. The summed E-state index contributed by atoms with van der Waals surface area (Å²) in [5.41, 5.74) is 6.63. The molecule has 3 rings (SSSR count). The van der Waals surface area contributed by atoms with Crippen LogP contribution >= 0.6 is 24.0 Å². The predicted molar refractivity (Wildman–Crippen MR) is 89.5 cm³/mol. The van der Waals surface area contributed by atoms with Crippen LogP contribution in [0.1, 0.15) is 18.7 Å². The molecule has 23 heavy (non-hydrogen) atoms. The summed E-state index contributed by atoms with van der Waals surface area (Å²) in [6.45, 7) is 1.37. The zero-order chi connectivity index (χ0) is 15.5. The Labute approximate surface area is 145 Å². The Morgan fingerprint density at radius 3 is 2.78 bits per heavy atom. The van der Waals surface area contributed by atoms with Crippen LogP contribution in [0.2, 0.25) is 5.02 Å². The molecule has 0 saturated carbocycles. The van der Waals surface area contributed by atoms with Gasteiger partial charge in [0, 0.05) is 42.6 Å². The van der Waals surface area contributed by atoms with Crippen LogP contribution in [0.15, 0.2) is 28.8 Å². The minimum atomic E-state index is 0. The maximum absolute atomic E-state index is 12.0. The van der Waals surface area contributed by atoms with E-state index in [2.05, 4.69) is 10.1 Å². The molecule has 0 aliphatic carbocycles. The van der Waals surface area contributed by atoms with E-state index in [1.54, 1.807) is 17.0 Å². The summed E-state index contributed by atoms with van der Waals surface area (Å²) in [5, 5.41) is 4.58. The first-order chi connectivity index (χ1) is 10.6. The van der Waals surface area contributed by atoms with Gasteiger partial charge in [-0.1, -0.05) is 16.8 Å². The van der Waals surface area contributed by atoms with Crippen molar-refractivity contribution in [2.24, 2.45) is 5.73 Å². The van der Waals surface area contributed by atoms with Gasteiger partial charge in [-0.15, -0.1) is 12.4 Å². The first kappa shape index (κ1) is 17.7. The normalized spacial score (nSPS) is 17.1.